The number of aryl methyl sites for hydroxylation is 1. The van der Waals surface area contributed by atoms with E-state index in [-0.39, 0.29) is 0 Å². The van der Waals surface area contributed by atoms with Gasteiger partial charge in [0.1, 0.15) is 0 Å². The maximum absolute atomic E-state index is 2.20. The molecule has 9 heavy (non-hydrogen) atoms. The van der Waals surface area contributed by atoms with E-state index in [9.17, 15) is 0 Å². The van der Waals surface area contributed by atoms with Crippen LogP contribution in [0.4, 0.5) is 0 Å². The number of hydrogen-bond donors (Lipinski definition) is 0. The SMILES string of the molecule is [Ge][CH2]Cc1ccccc1. The molecule has 0 aliphatic heterocycles. The van der Waals surface area contributed by atoms with Crippen LogP contribution in [0.1, 0.15) is 5.56 Å². The van der Waals surface area contributed by atoms with Gasteiger partial charge in [-0.2, -0.15) is 0 Å². The molecule has 0 aliphatic carbocycles. The Morgan fingerprint density at radius 1 is 1.11 bits per heavy atom. The van der Waals surface area contributed by atoms with Crippen LogP contribution in [-0.4, -0.2) is 16.5 Å². The van der Waals surface area contributed by atoms with Crippen molar-refractivity contribution >= 4 is 16.5 Å². The monoisotopic (exact) mass is 179 g/mol. The van der Waals surface area contributed by atoms with Crippen molar-refractivity contribution in [3.8, 4) is 0 Å². The third kappa shape index (κ3) is 2.23. The first-order valence-corrected chi connectivity index (χ1v) is 4.60. The zero-order valence-electron chi connectivity index (χ0n) is 5.30. The van der Waals surface area contributed by atoms with E-state index in [4.69, 9.17) is 0 Å². The van der Waals surface area contributed by atoms with Crippen LogP contribution in [0.5, 0.6) is 0 Å². The first-order valence-electron chi connectivity index (χ1n) is 3.12. The Bertz CT molecular complexity index is 157. The van der Waals surface area contributed by atoms with Gasteiger partial charge in [0.2, 0.25) is 0 Å². The fourth-order valence-electron chi connectivity index (χ4n) is 0.789. The van der Waals surface area contributed by atoms with E-state index in [1.165, 1.54) is 17.2 Å². The third-order valence-corrected chi connectivity index (χ3v) is 1.78. The Morgan fingerprint density at radius 2 is 1.78 bits per heavy atom. The summed E-state index contributed by atoms with van der Waals surface area (Å²) in [7, 11) is 0. The minimum atomic E-state index is 1.21. The Hall–Kier alpha value is -0.237. The second-order valence-electron chi connectivity index (χ2n) is 1.99. The van der Waals surface area contributed by atoms with Gasteiger partial charge < -0.3 is 0 Å². The molecule has 0 spiro atoms. The molecule has 1 aromatic rings. The second-order valence-corrected chi connectivity index (χ2v) is 3.03. The molecule has 0 N–H and O–H groups in total. The first-order chi connectivity index (χ1) is 4.43. The zero-order chi connectivity index (χ0) is 6.53. The van der Waals surface area contributed by atoms with Gasteiger partial charge in [0.25, 0.3) is 0 Å². The molecule has 0 heterocycles. The molecule has 0 saturated heterocycles. The van der Waals surface area contributed by atoms with Crippen molar-refractivity contribution < 1.29 is 0 Å². The number of benzene rings is 1. The molecule has 0 aromatic heterocycles. The van der Waals surface area contributed by atoms with Gasteiger partial charge in [-0.25, -0.2) is 0 Å². The molecule has 1 rings (SSSR count). The van der Waals surface area contributed by atoms with Crippen molar-refractivity contribution in [2.75, 3.05) is 0 Å². The Kier molecular flexibility index (Phi) is 2.85. The van der Waals surface area contributed by atoms with Crippen molar-refractivity contribution in [2.24, 2.45) is 0 Å². The van der Waals surface area contributed by atoms with Crippen LogP contribution >= 0.6 is 0 Å². The van der Waals surface area contributed by atoms with E-state index in [2.05, 4.69) is 46.8 Å². The van der Waals surface area contributed by atoms with Gasteiger partial charge in [0.05, 0.1) is 0 Å². The van der Waals surface area contributed by atoms with Gasteiger partial charge in [0, 0.05) is 0 Å². The molecule has 0 aliphatic rings. The summed E-state index contributed by atoms with van der Waals surface area (Å²) in [6, 6.07) is 10.6. The summed E-state index contributed by atoms with van der Waals surface area (Å²) in [4.78, 5) is 0. The Labute approximate surface area is 64.5 Å². The van der Waals surface area contributed by atoms with Crippen molar-refractivity contribution in [3.05, 3.63) is 35.9 Å². The van der Waals surface area contributed by atoms with Gasteiger partial charge in [0.15, 0.2) is 0 Å². The van der Waals surface area contributed by atoms with E-state index < -0.39 is 0 Å². The van der Waals surface area contributed by atoms with Crippen molar-refractivity contribution in [2.45, 2.75) is 11.7 Å². The summed E-state index contributed by atoms with van der Waals surface area (Å²) >= 11 is 2.20. The molecule has 0 nitrogen and oxygen atoms in total. The molecule has 1 aromatic carbocycles. The van der Waals surface area contributed by atoms with Crippen LogP contribution < -0.4 is 0 Å². The number of hydrogen-bond acceptors (Lipinski definition) is 0. The van der Waals surface area contributed by atoms with Gasteiger partial charge in [-0.3, -0.25) is 0 Å². The predicted octanol–water partition coefficient (Wildman–Crippen LogP) is 1.82. The molecule has 3 radical (unpaired) electrons. The molecule has 1 heteroatoms. The standard InChI is InChI=1S/C8H9Ge/c9-7-6-8-4-2-1-3-5-8/h1-5H,6-7H2. The number of rotatable bonds is 2. The molecule has 0 amide bonds. The van der Waals surface area contributed by atoms with Crippen molar-refractivity contribution in [3.63, 3.8) is 0 Å². The summed E-state index contributed by atoms with van der Waals surface area (Å²) in [6.45, 7) is 0. The summed E-state index contributed by atoms with van der Waals surface area (Å²) in [5.74, 6) is 0. The fourth-order valence-corrected chi connectivity index (χ4v) is 1.39. The van der Waals surface area contributed by atoms with Crippen LogP contribution in [0.3, 0.4) is 0 Å². The van der Waals surface area contributed by atoms with E-state index in [1.54, 1.807) is 0 Å². The molecule has 0 bridgehead atoms. The molecule has 0 fully saturated rings. The average Bonchev–Trinajstić information content (AvgIpc) is 1.91. The van der Waals surface area contributed by atoms with Crippen LogP contribution in [0.15, 0.2) is 30.3 Å². The molecule has 0 saturated carbocycles. The summed E-state index contributed by atoms with van der Waals surface area (Å²) < 4.78 is 0. The molecule has 45 valence electrons. The molecular formula is C8H9Ge. The minimum absolute atomic E-state index is 1.21. The summed E-state index contributed by atoms with van der Waals surface area (Å²) in [6.07, 6.45) is 1.21. The van der Waals surface area contributed by atoms with E-state index in [0.717, 1.165) is 0 Å². The topological polar surface area (TPSA) is 0 Å². The summed E-state index contributed by atoms with van der Waals surface area (Å²) in [5, 5.41) is 1.24. The normalized spacial score (nSPS) is 9.44. The van der Waals surface area contributed by atoms with Gasteiger partial charge in [-0.05, 0) is 0 Å². The van der Waals surface area contributed by atoms with Crippen LogP contribution in [0.25, 0.3) is 0 Å². The predicted molar refractivity (Wildman–Crippen MR) is 40.7 cm³/mol. The first kappa shape index (κ1) is 6.88. The molecule has 0 atom stereocenters. The van der Waals surface area contributed by atoms with Crippen molar-refractivity contribution in [1.29, 1.82) is 0 Å². The van der Waals surface area contributed by atoms with Crippen molar-refractivity contribution in [1.82, 2.24) is 0 Å². The fraction of sp³-hybridized carbons (Fsp3) is 0.250. The Balaban J connectivity index is 2.61. The van der Waals surface area contributed by atoms with Gasteiger partial charge in [-0.1, -0.05) is 0 Å². The molecule has 0 unspecified atom stereocenters. The Morgan fingerprint density at radius 3 is 2.33 bits per heavy atom. The second kappa shape index (κ2) is 3.73. The zero-order valence-corrected chi connectivity index (χ0v) is 7.40. The average molecular weight is 178 g/mol. The van der Waals surface area contributed by atoms with E-state index in [0.29, 0.717) is 0 Å². The van der Waals surface area contributed by atoms with Crippen LogP contribution in [0, 0.1) is 0 Å². The van der Waals surface area contributed by atoms with E-state index >= 15 is 0 Å². The van der Waals surface area contributed by atoms with Gasteiger partial charge >= 0.3 is 64.1 Å². The van der Waals surface area contributed by atoms with Crippen LogP contribution in [-0.2, 0) is 6.42 Å². The quantitative estimate of drug-likeness (QED) is 0.605. The third-order valence-electron chi connectivity index (χ3n) is 1.26. The van der Waals surface area contributed by atoms with Crippen LogP contribution in [0.2, 0.25) is 5.25 Å². The van der Waals surface area contributed by atoms with Gasteiger partial charge in [-0.15, -0.1) is 0 Å². The maximum atomic E-state index is 2.20. The van der Waals surface area contributed by atoms with E-state index in [1.807, 2.05) is 0 Å². The summed E-state index contributed by atoms with van der Waals surface area (Å²) in [5.41, 5.74) is 1.44. The molecular weight excluding hydrogens is 169 g/mol.